The van der Waals surface area contributed by atoms with Crippen molar-refractivity contribution in [2.45, 2.75) is 45.4 Å². The second-order valence-electron chi connectivity index (χ2n) is 4.26. The van der Waals surface area contributed by atoms with Crippen LogP contribution in [0.4, 0.5) is 0 Å². The summed E-state index contributed by atoms with van der Waals surface area (Å²) in [7, 11) is -2.96. The lowest BCUT2D eigenvalue weighted by atomic mass is 10.1. The Bertz CT molecular complexity index is 249. The first-order valence-corrected chi connectivity index (χ1v) is 8.33. The molecule has 0 saturated carbocycles. The molecular weight excluding hydrogens is 240 g/mol. The Hall–Kier alpha value is -0.130. The van der Waals surface area contributed by atoms with Gasteiger partial charge in [-0.05, 0) is 6.42 Å². The van der Waals surface area contributed by atoms with Crippen LogP contribution in [0.25, 0.3) is 0 Å². The van der Waals surface area contributed by atoms with Gasteiger partial charge in [-0.25, -0.2) is 8.42 Å². The van der Waals surface area contributed by atoms with E-state index in [1.54, 1.807) is 0 Å². The molecule has 0 aromatic carbocycles. The van der Waals surface area contributed by atoms with Crippen molar-refractivity contribution in [1.82, 2.24) is 0 Å². The zero-order chi connectivity index (χ0) is 13.0. The molecule has 0 radical (unpaired) electrons. The van der Waals surface area contributed by atoms with Gasteiger partial charge in [-0.2, -0.15) is 0 Å². The van der Waals surface area contributed by atoms with Crippen LogP contribution < -0.4 is 0 Å². The first-order chi connectivity index (χ1) is 8.12. The van der Waals surface area contributed by atoms with Crippen molar-refractivity contribution >= 4 is 9.84 Å². The summed E-state index contributed by atoms with van der Waals surface area (Å²) in [5.74, 6) is 0.337. The van der Waals surface area contributed by atoms with Crippen molar-refractivity contribution in [2.75, 3.05) is 31.3 Å². The van der Waals surface area contributed by atoms with Crippen LogP contribution >= 0.6 is 0 Å². The van der Waals surface area contributed by atoms with Gasteiger partial charge in [-0.15, -0.1) is 0 Å². The van der Waals surface area contributed by atoms with Gasteiger partial charge in [0.1, 0.15) is 0 Å². The van der Waals surface area contributed by atoms with E-state index in [1.807, 2.05) is 0 Å². The molecule has 0 amide bonds. The van der Waals surface area contributed by atoms with Gasteiger partial charge in [-0.1, -0.05) is 39.0 Å². The van der Waals surface area contributed by atoms with Crippen LogP contribution in [-0.2, 0) is 14.6 Å². The third kappa shape index (κ3) is 12.1. The fourth-order valence-electron chi connectivity index (χ4n) is 1.56. The summed E-state index contributed by atoms with van der Waals surface area (Å²) in [6.07, 6.45) is 6.53. The average molecular weight is 266 g/mol. The van der Waals surface area contributed by atoms with E-state index < -0.39 is 9.84 Å². The molecule has 0 saturated heterocycles. The van der Waals surface area contributed by atoms with Gasteiger partial charge >= 0.3 is 0 Å². The van der Waals surface area contributed by atoms with E-state index in [9.17, 15) is 8.42 Å². The van der Waals surface area contributed by atoms with Crippen molar-refractivity contribution in [3.63, 3.8) is 0 Å². The van der Waals surface area contributed by atoms with Gasteiger partial charge in [0.15, 0.2) is 9.84 Å². The third-order valence-corrected chi connectivity index (χ3v) is 4.28. The number of rotatable bonds is 12. The summed E-state index contributed by atoms with van der Waals surface area (Å²) in [4.78, 5) is 0. The zero-order valence-electron chi connectivity index (χ0n) is 10.9. The molecule has 0 aromatic rings. The van der Waals surface area contributed by atoms with Gasteiger partial charge in [0.2, 0.25) is 0 Å². The smallest absolute Gasteiger partial charge is 0.152 e. The maximum atomic E-state index is 11.5. The zero-order valence-corrected chi connectivity index (χ0v) is 11.7. The largest absolute Gasteiger partial charge is 0.394 e. The number of ether oxygens (including phenoxy) is 1. The highest BCUT2D eigenvalue weighted by Gasteiger charge is 2.09. The van der Waals surface area contributed by atoms with Gasteiger partial charge < -0.3 is 9.84 Å². The van der Waals surface area contributed by atoms with Gasteiger partial charge in [0.25, 0.3) is 0 Å². The molecule has 5 heteroatoms. The minimum absolute atomic E-state index is 0.0581. The molecule has 104 valence electrons. The van der Waals surface area contributed by atoms with E-state index in [-0.39, 0.29) is 31.3 Å². The lowest BCUT2D eigenvalue weighted by Crippen LogP contribution is -2.16. The molecule has 0 aliphatic carbocycles. The number of unbranched alkanes of at least 4 members (excludes halogenated alkanes) is 5. The molecule has 1 N–H and O–H groups in total. The minimum atomic E-state index is -2.96. The molecule has 0 atom stereocenters. The van der Waals surface area contributed by atoms with Crippen molar-refractivity contribution in [2.24, 2.45) is 0 Å². The maximum absolute atomic E-state index is 11.5. The summed E-state index contributed by atoms with van der Waals surface area (Å²) >= 11 is 0. The van der Waals surface area contributed by atoms with Crippen LogP contribution in [0.2, 0.25) is 0 Å². The lowest BCUT2D eigenvalue weighted by molar-refractivity contribution is 0.103. The predicted molar refractivity (Wildman–Crippen MR) is 69.9 cm³/mol. The fraction of sp³-hybridized carbons (Fsp3) is 1.00. The molecule has 0 bridgehead atoms. The van der Waals surface area contributed by atoms with Crippen LogP contribution in [0.15, 0.2) is 0 Å². The van der Waals surface area contributed by atoms with Crippen molar-refractivity contribution < 1.29 is 18.3 Å². The minimum Gasteiger partial charge on any atom is -0.394 e. The molecular formula is C12H26O4S. The average Bonchev–Trinajstić information content (AvgIpc) is 2.29. The van der Waals surface area contributed by atoms with Crippen LogP contribution in [0, 0.1) is 0 Å². The Kier molecular flexibility index (Phi) is 10.9. The molecule has 0 aliphatic heterocycles. The first kappa shape index (κ1) is 16.9. The molecule has 0 spiro atoms. The second-order valence-corrected chi connectivity index (χ2v) is 6.56. The summed E-state index contributed by atoms with van der Waals surface area (Å²) in [6.45, 7) is 2.51. The molecule has 0 aliphatic rings. The Morgan fingerprint density at radius 3 is 2.24 bits per heavy atom. The topological polar surface area (TPSA) is 63.6 Å². The van der Waals surface area contributed by atoms with E-state index in [0.717, 1.165) is 19.3 Å². The van der Waals surface area contributed by atoms with Crippen molar-refractivity contribution in [3.8, 4) is 0 Å². The third-order valence-electron chi connectivity index (χ3n) is 2.58. The quantitative estimate of drug-likeness (QED) is 0.547. The highest BCUT2D eigenvalue weighted by molar-refractivity contribution is 7.91. The van der Waals surface area contributed by atoms with E-state index in [1.165, 1.54) is 19.3 Å². The highest BCUT2D eigenvalue weighted by atomic mass is 32.2. The standard InChI is InChI=1S/C12H26O4S/c1-2-3-4-5-6-7-11-17(14,15)12-10-16-9-8-13/h13H,2-12H2,1H3. The summed E-state index contributed by atoms with van der Waals surface area (Å²) in [5, 5.41) is 8.47. The number of hydrogen-bond acceptors (Lipinski definition) is 4. The Labute approximate surface area is 105 Å². The van der Waals surface area contributed by atoms with E-state index in [0.29, 0.717) is 0 Å². The summed E-state index contributed by atoms with van der Waals surface area (Å²) in [5.41, 5.74) is 0. The predicted octanol–water partition coefficient (Wildman–Crippen LogP) is 1.77. The van der Waals surface area contributed by atoms with Crippen LogP contribution in [-0.4, -0.2) is 44.9 Å². The summed E-state index contributed by atoms with van der Waals surface area (Å²) in [6, 6.07) is 0. The molecule has 0 unspecified atom stereocenters. The van der Waals surface area contributed by atoms with E-state index in [4.69, 9.17) is 9.84 Å². The molecule has 4 nitrogen and oxygen atoms in total. The van der Waals surface area contributed by atoms with Gasteiger partial charge in [0.05, 0.1) is 31.3 Å². The number of aliphatic hydroxyl groups excluding tert-OH is 1. The van der Waals surface area contributed by atoms with Crippen molar-refractivity contribution in [3.05, 3.63) is 0 Å². The van der Waals surface area contributed by atoms with E-state index >= 15 is 0 Å². The Balaban J connectivity index is 3.44. The van der Waals surface area contributed by atoms with Gasteiger partial charge in [0, 0.05) is 0 Å². The van der Waals surface area contributed by atoms with Gasteiger partial charge in [-0.3, -0.25) is 0 Å². The normalized spacial score (nSPS) is 11.9. The number of aliphatic hydroxyl groups is 1. The SMILES string of the molecule is CCCCCCCCS(=O)(=O)CCOCCO. The van der Waals surface area contributed by atoms with Crippen LogP contribution in [0.1, 0.15) is 45.4 Å². The molecule has 0 aromatic heterocycles. The molecule has 0 fully saturated rings. The van der Waals surface area contributed by atoms with Crippen LogP contribution in [0.5, 0.6) is 0 Å². The first-order valence-electron chi connectivity index (χ1n) is 6.51. The highest BCUT2D eigenvalue weighted by Crippen LogP contribution is 2.06. The number of hydrogen-bond donors (Lipinski definition) is 1. The monoisotopic (exact) mass is 266 g/mol. The molecule has 0 heterocycles. The van der Waals surface area contributed by atoms with E-state index in [2.05, 4.69) is 6.92 Å². The molecule has 0 rings (SSSR count). The Morgan fingerprint density at radius 1 is 0.941 bits per heavy atom. The maximum Gasteiger partial charge on any atom is 0.152 e. The summed E-state index contributed by atoms with van der Waals surface area (Å²) < 4.78 is 28.0. The molecule has 17 heavy (non-hydrogen) atoms. The lowest BCUT2D eigenvalue weighted by Gasteiger charge is -2.05. The Morgan fingerprint density at radius 2 is 1.59 bits per heavy atom. The number of sulfone groups is 1. The fourth-order valence-corrected chi connectivity index (χ4v) is 2.78. The van der Waals surface area contributed by atoms with Crippen LogP contribution in [0.3, 0.4) is 0 Å². The second kappa shape index (κ2) is 11.0. The van der Waals surface area contributed by atoms with Crippen molar-refractivity contribution in [1.29, 1.82) is 0 Å².